The van der Waals surface area contributed by atoms with E-state index >= 15 is 0 Å². The number of carbonyl (C=O) groups is 3. The van der Waals surface area contributed by atoms with Crippen LogP contribution in [0.5, 0.6) is 0 Å². The number of carbonyl (C=O) groups excluding carboxylic acids is 3. The van der Waals surface area contributed by atoms with Gasteiger partial charge in [0, 0.05) is 24.3 Å². The quantitative estimate of drug-likeness (QED) is 0.706. The summed E-state index contributed by atoms with van der Waals surface area (Å²) in [6.07, 6.45) is 4.34. The standard InChI is InChI=1S/C24H28N2O4/c1-3-26(4-2)23(28)18-11-13-21(14-12-18)25-22(27)16-30-24(29)20-10-9-17-7-5-6-8-19(17)15-20/h9-15H,3-8,16H2,1-2H3,(H,25,27). The molecular formula is C24H28N2O4. The molecule has 1 N–H and O–H groups in total. The van der Waals surface area contributed by atoms with E-state index in [0.717, 1.165) is 19.3 Å². The molecule has 6 heteroatoms. The zero-order valence-corrected chi connectivity index (χ0v) is 17.6. The Balaban J connectivity index is 1.52. The van der Waals surface area contributed by atoms with Gasteiger partial charge in [0.25, 0.3) is 11.8 Å². The Morgan fingerprint density at radius 1 is 0.900 bits per heavy atom. The summed E-state index contributed by atoms with van der Waals surface area (Å²) in [5.74, 6) is -0.973. The molecule has 158 valence electrons. The van der Waals surface area contributed by atoms with Gasteiger partial charge in [-0.05, 0) is 87.1 Å². The van der Waals surface area contributed by atoms with Crippen LogP contribution in [0.3, 0.4) is 0 Å². The number of amides is 2. The van der Waals surface area contributed by atoms with Crippen molar-refractivity contribution in [3.63, 3.8) is 0 Å². The lowest BCUT2D eigenvalue weighted by atomic mass is 9.90. The van der Waals surface area contributed by atoms with Gasteiger partial charge in [0.15, 0.2) is 6.61 Å². The molecule has 0 atom stereocenters. The second-order valence-corrected chi connectivity index (χ2v) is 7.37. The monoisotopic (exact) mass is 408 g/mol. The lowest BCUT2D eigenvalue weighted by Crippen LogP contribution is -2.30. The Kier molecular flexibility index (Phi) is 7.22. The van der Waals surface area contributed by atoms with Gasteiger partial charge < -0.3 is 15.0 Å². The highest BCUT2D eigenvalue weighted by molar-refractivity contribution is 5.97. The van der Waals surface area contributed by atoms with Gasteiger partial charge in [0.05, 0.1) is 5.56 Å². The highest BCUT2D eigenvalue weighted by Gasteiger charge is 2.16. The molecule has 0 saturated heterocycles. The van der Waals surface area contributed by atoms with E-state index in [0.29, 0.717) is 29.9 Å². The lowest BCUT2D eigenvalue weighted by molar-refractivity contribution is -0.119. The lowest BCUT2D eigenvalue weighted by Gasteiger charge is -2.18. The van der Waals surface area contributed by atoms with Crippen molar-refractivity contribution in [2.75, 3.05) is 25.0 Å². The number of aryl methyl sites for hydroxylation is 2. The molecule has 2 aromatic carbocycles. The molecule has 0 heterocycles. The highest BCUT2D eigenvalue weighted by atomic mass is 16.5. The van der Waals surface area contributed by atoms with E-state index in [2.05, 4.69) is 5.32 Å². The van der Waals surface area contributed by atoms with E-state index in [1.165, 1.54) is 17.5 Å². The van der Waals surface area contributed by atoms with Gasteiger partial charge in [-0.25, -0.2) is 4.79 Å². The average molecular weight is 408 g/mol. The minimum absolute atomic E-state index is 0.0446. The summed E-state index contributed by atoms with van der Waals surface area (Å²) < 4.78 is 5.16. The first-order valence-electron chi connectivity index (χ1n) is 10.5. The molecule has 30 heavy (non-hydrogen) atoms. The number of anilines is 1. The average Bonchev–Trinajstić information content (AvgIpc) is 2.78. The third-order valence-electron chi connectivity index (χ3n) is 5.38. The third kappa shape index (κ3) is 5.26. The number of rotatable bonds is 7. The van der Waals surface area contributed by atoms with Gasteiger partial charge in [0.1, 0.15) is 0 Å². The summed E-state index contributed by atoms with van der Waals surface area (Å²) in [4.78, 5) is 38.5. The maximum Gasteiger partial charge on any atom is 0.338 e. The first kappa shape index (κ1) is 21.6. The summed E-state index contributed by atoms with van der Waals surface area (Å²) in [7, 11) is 0. The number of benzene rings is 2. The van der Waals surface area contributed by atoms with Crippen LogP contribution >= 0.6 is 0 Å². The van der Waals surface area contributed by atoms with Crippen molar-refractivity contribution < 1.29 is 19.1 Å². The van der Waals surface area contributed by atoms with Crippen LogP contribution in [0.15, 0.2) is 42.5 Å². The van der Waals surface area contributed by atoms with Crippen molar-refractivity contribution in [3.8, 4) is 0 Å². The molecule has 0 bridgehead atoms. The number of fused-ring (bicyclic) bond motifs is 1. The summed E-state index contributed by atoms with van der Waals surface area (Å²) in [6.45, 7) is 4.78. The topological polar surface area (TPSA) is 75.7 Å². The van der Waals surface area contributed by atoms with Crippen LogP contribution in [-0.4, -0.2) is 42.4 Å². The Hall–Kier alpha value is -3.15. The molecule has 0 aliphatic heterocycles. The van der Waals surface area contributed by atoms with E-state index in [4.69, 9.17) is 4.74 Å². The molecule has 2 amide bonds. The van der Waals surface area contributed by atoms with Crippen LogP contribution in [0.25, 0.3) is 0 Å². The van der Waals surface area contributed by atoms with Crippen LogP contribution in [0, 0.1) is 0 Å². The molecule has 0 saturated carbocycles. The molecule has 0 unspecified atom stereocenters. The predicted molar refractivity (Wildman–Crippen MR) is 116 cm³/mol. The fourth-order valence-electron chi connectivity index (χ4n) is 3.66. The SMILES string of the molecule is CCN(CC)C(=O)c1ccc(NC(=O)COC(=O)c2ccc3c(c2)CCCC3)cc1. The maximum absolute atomic E-state index is 12.3. The van der Waals surface area contributed by atoms with Gasteiger partial charge >= 0.3 is 5.97 Å². The van der Waals surface area contributed by atoms with E-state index < -0.39 is 11.9 Å². The van der Waals surface area contributed by atoms with Crippen LogP contribution in [0.4, 0.5) is 5.69 Å². The number of ether oxygens (including phenoxy) is 1. The minimum atomic E-state index is -0.501. The molecule has 0 fully saturated rings. The van der Waals surface area contributed by atoms with Crippen molar-refractivity contribution in [3.05, 3.63) is 64.7 Å². The van der Waals surface area contributed by atoms with Crippen LogP contribution < -0.4 is 5.32 Å². The van der Waals surface area contributed by atoms with Crippen molar-refractivity contribution in [1.29, 1.82) is 0 Å². The van der Waals surface area contributed by atoms with Crippen LogP contribution in [0.1, 0.15) is 58.5 Å². The number of hydrogen-bond acceptors (Lipinski definition) is 4. The summed E-state index contributed by atoms with van der Waals surface area (Å²) in [6, 6.07) is 12.3. The zero-order chi connectivity index (χ0) is 21.5. The Labute approximate surface area is 177 Å². The van der Waals surface area contributed by atoms with E-state index in [1.807, 2.05) is 26.0 Å². The van der Waals surface area contributed by atoms with E-state index in [-0.39, 0.29) is 12.5 Å². The van der Waals surface area contributed by atoms with Crippen molar-refractivity contribution in [2.45, 2.75) is 39.5 Å². The number of hydrogen-bond donors (Lipinski definition) is 1. The van der Waals surface area contributed by atoms with E-state index in [1.54, 1.807) is 35.2 Å². The van der Waals surface area contributed by atoms with Crippen LogP contribution in [0.2, 0.25) is 0 Å². The number of esters is 1. The van der Waals surface area contributed by atoms with E-state index in [9.17, 15) is 14.4 Å². The fraction of sp³-hybridized carbons (Fsp3) is 0.375. The maximum atomic E-state index is 12.3. The predicted octanol–water partition coefficient (Wildman–Crippen LogP) is 3.84. The van der Waals surface area contributed by atoms with Gasteiger partial charge in [-0.15, -0.1) is 0 Å². The van der Waals surface area contributed by atoms with Gasteiger partial charge in [-0.2, -0.15) is 0 Å². The fourth-order valence-corrected chi connectivity index (χ4v) is 3.66. The summed E-state index contributed by atoms with van der Waals surface area (Å²) >= 11 is 0. The van der Waals surface area contributed by atoms with Gasteiger partial charge in [-0.3, -0.25) is 9.59 Å². The smallest absolute Gasteiger partial charge is 0.338 e. The second-order valence-electron chi connectivity index (χ2n) is 7.37. The molecule has 2 aromatic rings. The Bertz CT molecular complexity index is 917. The van der Waals surface area contributed by atoms with Crippen molar-refractivity contribution >= 4 is 23.5 Å². The molecular weight excluding hydrogens is 380 g/mol. The summed E-state index contributed by atoms with van der Waals surface area (Å²) in [5.41, 5.74) is 4.07. The number of nitrogens with one attached hydrogen (secondary N) is 1. The molecule has 0 aromatic heterocycles. The Morgan fingerprint density at radius 2 is 1.53 bits per heavy atom. The van der Waals surface area contributed by atoms with Crippen molar-refractivity contribution in [1.82, 2.24) is 4.90 Å². The first-order chi connectivity index (χ1) is 14.5. The van der Waals surface area contributed by atoms with Gasteiger partial charge in [0.2, 0.25) is 0 Å². The molecule has 1 aliphatic rings. The highest BCUT2D eigenvalue weighted by Crippen LogP contribution is 2.22. The zero-order valence-electron chi connectivity index (χ0n) is 17.6. The molecule has 6 nitrogen and oxygen atoms in total. The van der Waals surface area contributed by atoms with Crippen molar-refractivity contribution in [2.24, 2.45) is 0 Å². The second kappa shape index (κ2) is 10.1. The molecule has 0 radical (unpaired) electrons. The molecule has 0 spiro atoms. The Morgan fingerprint density at radius 3 is 2.20 bits per heavy atom. The normalized spacial score (nSPS) is 12.6. The molecule has 1 aliphatic carbocycles. The van der Waals surface area contributed by atoms with Crippen LogP contribution in [-0.2, 0) is 22.4 Å². The van der Waals surface area contributed by atoms with Gasteiger partial charge in [-0.1, -0.05) is 6.07 Å². The molecule has 3 rings (SSSR count). The minimum Gasteiger partial charge on any atom is -0.452 e. The number of nitrogens with zero attached hydrogens (tertiary/aromatic N) is 1. The third-order valence-corrected chi connectivity index (χ3v) is 5.38. The summed E-state index contributed by atoms with van der Waals surface area (Å²) in [5, 5.41) is 2.68. The largest absolute Gasteiger partial charge is 0.452 e. The first-order valence-corrected chi connectivity index (χ1v) is 10.5.